The van der Waals surface area contributed by atoms with Gasteiger partial charge in [-0.25, -0.2) is 14.5 Å². The van der Waals surface area contributed by atoms with Gasteiger partial charge in [0.05, 0.1) is 19.8 Å². The number of amides is 3. The smallest absolute Gasteiger partial charge is 0.344 e. The van der Waals surface area contributed by atoms with E-state index >= 15 is 0 Å². The van der Waals surface area contributed by atoms with Crippen molar-refractivity contribution < 1.29 is 42.9 Å². The van der Waals surface area contributed by atoms with Crippen LogP contribution in [0.5, 0.6) is 5.75 Å². The number of rotatable bonds is 11. The molecule has 1 fully saturated rings. The van der Waals surface area contributed by atoms with Crippen LogP contribution in [0.25, 0.3) is 6.08 Å². The topological polar surface area (TPSA) is 129 Å². The molecule has 0 bridgehead atoms. The third-order valence-corrected chi connectivity index (χ3v) is 4.26. The van der Waals surface area contributed by atoms with Crippen molar-refractivity contribution >= 4 is 35.9 Å². The summed E-state index contributed by atoms with van der Waals surface area (Å²) in [7, 11) is 0. The second-order valence-corrected chi connectivity index (χ2v) is 6.53. The highest BCUT2D eigenvalue weighted by Gasteiger charge is 2.43. The molecule has 11 nitrogen and oxygen atoms in total. The number of nitrogens with zero attached hydrogens (tertiary/aromatic N) is 2. The number of imide groups is 1. The average molecular weight is 462 g/mol. The molecule has 1 aromatic carbocycles. The Kier molecular flexibility index (Phi) is 9.40. The lowest BCUT2D eigenvalue weighted by molar-refractivity contribution is -0.146. The number of urea groups is 1. The Balaban J connectivity index is 2.38. The first-order valence-corrected chi connectivity index (χ1v) is 10.4. The first-order chi connectivity index (χ1) is 15.8. The fourth-order valence-electron chi connectivity index (χ4n) is 2.91. The maximum atomic E-state index is 13.0. The molecule has 0 aliphatic carbocycles. The molecule has 1 aliphatic rings. The maximum absolute atomic E-state index is 13.0. The van der Waals surface area contributed by atoms with Gasteiger partial charge in [0.1, 0.15) is 24.5 Å². The second-order valence-electron chi connectivity index (χ2n) is 6.53. The van der Waals surface area contributed by atoms with Crippen LogP contribution in [0.2, 0.25) is 0 Å². The number of hydrogen-bond donors (Lipinski definition) is 0. The molecule has 0 spiro atoms. The van der Waals surface area contributed by atoms with E-state index in [1.807, 2.05) is 0 Å². The van der Waals surface area contributed by atoms with E-state index in [-0.39, 0.29) is 37.9 Å². The molecule has 0 N–H and O–H groups in total. The van der Waals surface area contributed by atoms with Gasteiger partial charge < -0.3 is 18.9 Å². The third-order valence-electron chi connectivity index (χ3n) is 4.26. The highest BCUT2D eigenvalue weighted by molar-refractivity contribution is 6.15. The van der Waals surface area contributed by atoms with Gasteiger partial charge in [-0.2, -0.15) is 0 Å². The summed E-state index contributed by atoms with van der Waals surface area (Å²) in [6, 6.07) is 5.63. The molecule has 1 saturated heterocycles. The molecule has 0 saturated carbocycles. The molecule has 11 heteroatoms. The Hall–Kier alpha value is -3.89. The van der Waals surface area contributed by atoms with Crippen LogP contribution in [-0.4, -0.2) is 79.2 Å². The normalized spacial score (nSPS) is 14.5. The van der Waals surface area contributed by atoms with Crippen molar-refractivity contribution in [1.82, 2.24) is 9.80 Å². The molecular formula is C22H26N2O9. The zero-order valence-corrected chi connectivity index (χ0v) is 18.7. The van der Waals surface area contributed by atoms with Gasteiger partial charge in [-0.05, 0) is 32.9 Å². The minimum atomic E-state index is -0.864. The van der Waals surface area contributed by atoms with E-state index in [2.05, 4.69) is 0 Å². The molecule has 2 rings (SSSR count). The predicted octanol–water partition coefficient (Wildman–Crippen LogP) is 1.36. The van der Waals surface area contributed by atoms with Crippen LogP contribution in [0.3, 0.4) is 0 Å². The number of ether oxygens (including phenoxy) is 4. The van der Waals surface area contributed by atoms with E-state index in [0.717, 1.165) is 4.90 Å². The SMILES string of the molecule is CCOC(=O)COc1ccccc1/C=C1\C(=O)N(CC(=O)OCC)C(=O)N1CC(=O)OCC. The summed E-state index contributed by atoms with van der Waals surface area (Å²) in [6.07, 6.45) is 1.34. The molecule has 0 aromatic heterocycles. The Labute approximate surface area is 190 Å². The van der Waals surface area contributed by atoms with Gasteiger partial charge in [0, 0.05) is 5.56 Å². The molecule has 178 valence electrons. The average Bonchev–Trinajstić information content (AvgIpc) is 2.98. The zero-order chi connectivity index (χ0) is 24.4. The number of esters is 3. The summed E-state index contributed by atoms with van der Waals surface area (Å²) in [6.45, 7) is 3.73. The first-order valence-electron chi connectivity index (χ1n) is 10.4. The molecule has 0 radical (unpaired) electrons. The minimum absolute atomic E-state index is 0.0788. The van der Waals surface area contributed by atoms with Gasteiger partial charge in [-0.1, -0.05) is 18.2 Å². The molecule has 1 heterocycles. The van der Waals surface area contributed by atoms with E-state index in [1.165, 1.54) is 6.08 Å². The maximum Gasteiger partial charge on any atom is 0.344 e. The minimum Gasteiger partial charge on any atom is -0.481 e. The summed E-state index contributed by atoms with van der Waals surface area (Å²) in [4.78, 5) is 63.0. The van der Waals surface area contributed by atoms with Crippen LogP contribution >= 0.6 is 0 Å². The number of hydrogen-bond acceptors (Lipinski definition) is 9. The van der Waals surface area contributed by atoms with Crippen molar-refractivity contribution in [2.24, 2.45) is 0 Å². The van der Waals surface area contributed by atoms with Crippen LogP contribution < -0.4 is 4.74 Å². The van der Waals surface area contributed by atoms with E-state index < -0.39 is 42.9 Å². The summed E-state index contributed by atoms with van der Waals surface area (Å²) in [5, 5.41) is 0. The fourth-order valence-corrected chi connectivity index (χ4v) is 2.91. The molecule has 0 atom stereocenters. The highest BCUT2D eigenvalue weighted by atomic mass is 16.6. The summed E-state index contributed by atoms with van der Waals surface area (Å²) >= 11 is 0. The number of carbonyl (C=O) groups excluding carboxylic acids is 5. The van der Waals surface area contributed by atoms with Gasteiger partial charge in [0.15, 0.2) is 6.61 Å². The quantitative estimate of drug-likeness (QED) is 0.207. The van der Waals surface area contributed by atoms with E-state index in [0.29, 0.717) is 10.5 Å². The fraction of sp³-hybridized carbons (Fsp3) is 0.409. The van der Waals surface area contributed by atoms with Crippen molar-refractivity contribution in [3.05, 3.63) is 35.5 Å². The van der Waals surface area contributed by atoms with E-state index in [9.17, 15) is 24.0 Å². The second kappa shape index (κ2) is 12.2. The van der Waals surface area contributed by atoms with Crippen LogP contribution in [0, 0.1) is 0 Å². The Morgan fingerprint density at radius 1 is 0.818 bits per heavy atom. The van der Waals surface area contributed by atoms with Crippen LogP contribution in [0.1, 0.15) is 26.3 Å². The molecule has 1 aromatic rings. The molecule has 3 amide bonds. The van der Waals surface area contributed by atoms with Gasteiger partial charge in [-0.3, -0.25) is 19.3 Å². The van der Waals surface area contributed by atoms with Gasteiger partial charge >= 0.3 is 23.9 Å². The van der Waals surface area contributed by atoms with E-state index in [4.69, 9.17) is 18.9 Å². The van der Waals surface area contributed by atoms with Crippen molar-refractivity contribution in [2.45, 2.75) is 20.8 Å². The first kappa shape index (κ1) is 25.4. The molecule has 33 heavy (non-hydrogen) atoms. The number of carbonyl (C=O) groups is 5. The van der Waals surface area contributed by atoms with Gasteiger partial charge in [0.25, 0.3) is 5.91 Å². The molecule has 1 aliphatic heterocycles. The lowest BCUT2D eigenvalue weighted by Gasteiger charge is -2.16. The lowest BCUT2D eigenvalue weighted by atomic mass is 10.1. The van der Waals surface area contributed by atoms with Gasteiger partial charge in [0.2, 0.25) is 0 Å². The largest absolute Gasteiger partial charge is 0.481 e. The molecule has 0 unspecified atom stereocenters. The van der Waals surface area contributed by atoms with Crippen molar-refractivity contribution in [3.63, 3.8) is 0 Å². The lowest BCUT2D eigenvalue weighted by Crippen LogP contribution is -2.39. The summed E-state index contributed by atoms with van der Waals surface area (Å²) in [5.74, 6) is -2.61. The van der Waals surface area contributed by atoms with Crippen molar-refractivity contribution in [1.29, 1.82) is 0 Å². The monoisotopic (exact) mass is 462 g/mol. The number of para-hydroxylation sites is 1. The predicted molar refractivity (Wildman–Crippen MR) is 114 cm³/mol. The Morgan fingerprint density at radius 2 is 1.36 bits per heavy atom. The van der Waals surface area contributed by atoms with Crippen LogP contribution in [0.15, 0.2) is 30.0 Å². The summed E-state index contributed by atoms with van der Waals surface area (Å²) in [5.41, 5.74) is 0.203. The third kappa shape index (κ3) is 6.79. The van der Waals surface area contributed by atoms with Crippen molar-refractivity contribution in [2.75, 3.05) is 39.5 Å². The summed E-state index contributed by atoms with van der Waals surface area (Å²) < 4.78 is 20.0. The molecular weight excluding hydrogens is 436 g/mol. The zero-order valence-electron chi connectivity index (χ0n) is 18.7. The van der Waals surface area contributed by atoms with Crippen molar-refractivity contribution in [3.8, 4) is 5.75 Å². The standard InChI is InChI=1S/C22H26N2O9/c1-4-30-18(25)12-23-16(21(28)24(22(23)29)13-19(26)31-5-2)11-15-9-7-8-10-17(15)33-14-20(27)32-6-3/h7-11H,4-6,12-14H2,1-3H3/b16-11+. The Morgan fingerprint density at radius 3 is 1.97 bits per heavy atom. The Bertz CT molecular complexity index is 942. The number of benzene rings is 1. The van der Waals surface area contributed by atoms with Crippen LogP contribution in [-0.2, 0) is 33.4 Å². The van der Waals surface area contributed by atoms with E-state index in [1.54, 1.807) is 45.0 Å². The van der Waals surface area contributed by atoms with Crippen LogP contribution in [0.4, 0.5) is 4.79 Å². The highest BCUT2D eigenvalue weighted by Crippen LogP contribution is 2.27. The van der Waals surface area contributed by atoms with Gasteiger partial charge in [-0.15, -0.1) is 0 Å².